The summed E-state index contributed by atoms with van der Waals surface area (Å²) in [6, 6.07) is 0. The second-order valence-corrected chi connectivity index (χ2v) is 3.42. The molecule has 0 aromatic heterocycles. The lowest BCUT2D eigenvalue weighted by atomic mass is 10.0. The normalized spacial score (nSPS) is 23.2. The number of hydrogen-bond donors (Lipinski definition) is 1. The molecule has 0 aromatic carbocycles. The summed E-state index contributed by atoms with van der Waals surface area (Å²) in [5.41, 5.74) is 0.302. The first-order chi connectivity index (χ1) is 7.54. The molecule has 1 heterocycles. The zero-order valence-electron chi connectivity index (χ0n) is 8.98. The Labute approximate surface area is 92.5 Å². The summed E-state index contributed by atoms with van der Waals surface area (Å²) < 4.78 is 18.1. The highest BCUT2D eigenvalue weighted by Crippen LogP contribution is 2.19. The Balaban J connectivity index is 2.59. The maximum Gasteiger partial charge on any atom is 0.407 e. The minimum atomic E-state index is -1.42. The molecular formula is C10H14FNO4. The number of carbonyl (C=O) groups excluding carboxylic acids is 1. The molecule has 1 N–H and O–H groups in total. The number of likely N-dealkylation sites (tertiary alicyclic amines) is 1. The van der Waals surface area contributed by atoms with Crippen LogP contribution in [0, 0.1) is 0 Å². The number of piperidine rings is 1. The fraction of sp³-hybridized carbons (Fsp3) is 0.600. The molecule has 1 aliphatic heterocycles. The van der Waals surface area contributed by atoms with E-state index in [9.17, 15) is 14.0 Å². The van der Waals surface area contributed by atoms with Gasteiger partial charge in [-0.2, -0.15) is 0 Å². The van der Waals surface area contributed by atoms with Crippen molar-refractivity contribution in [2.24, 2.45) is 0 Å². The third-order valence-corrected chi connectivity index (χ3v) is 2.31. The number of halogens is 1. The molecule has 1 amide bonds. The minimum absolute atomic E-state index is 0.209. The Morgan fingerprint density at radius 3 is 2.88 bits per heavy atom. The van der Waals surface area contributed by atoms with Crippen LogP contribution in [0.2, 0.25) is 0 Å². The number of rotatable bonds is 2. The molecule has 0 aromatic rings. The predicted octanol–water partition coefficient (Wildman–Crippen LogP) is 1.20. The number of amides is 1. The monoisotopic (exact) mass is 231 g/mol. The van der Waals surface area contributed by atoms with E-state index in [2.05, 4.69) is 4.74 Å². The van der Waals surface area contributed by atoms with E-state index in [1.807, 2.05) is 0 Å². The molecule has 5 nitrogen and oxygen atoms in total. The highest BCUT2D eigenvalue weighted by Gasteiger charge is 2.27. The number of nitrogens with zero attached hydrogens (tertiary/aromatic N) is 1. The fourth-order valence-electron chi connectivity index (χ4n) is 1.49. The Bertz CT molecular complexity index is 316. The summed E-state index contributed by atoms with van der Waals surface area (Å²) >= 11 is 0. The number of hydrogen-bond acceptors (Lipinski definition) is 3. The SMILES string of the molecule is CCOC(=O)/C=C1/CCN(C(=O)O)CC1F. The van der Waals surface area contributed by atoms with Crippen LogP contribution in [0.3, 0.4) is 0 Å². The molecule has 1 fully saturated rings. The van der Waals surface area contributed by atoms with Gasteiger partial charge >= 0.3 is 12.1 Å². The molecule has 0 saturated carbocycles. The van der Waals surface area contributed by atoms with Crippen molar-refractivity contribution in [1.82, 2.24) is 4.90 Å². The van der Waals surface area contributed by atoms with E-state index in [1.165, 1.54) is 0 Å². The number of carboxylic acid groups (broad SMARTS) is 1. The first kappa shape index (κ1) is 12.5. The summed E-state index contributed by atoms with van der Waals surface area (Å²) in [5, 5.41) is 8.66. The van der Waals surface area contributed by atoms with E-state index < -0.39 is 18.2 Å². The first-order valence-corrected chi connectivity index (χ1v) is 5.03. The second kappa shape index (κ2) is 5.48. The van der Waals surface area contributed by atoms with E-state index in [-0.39, 0.29) is 26.1 Å². The average molecular weight is 231 g/mol. The van der Waals surface area contributed by atoms with Crippen LogP contribution in [0.5, 0.6) is 0 Å². The summed E-state index contributed by atoms with van der Waals surface area (Å²) in [6.45, 7) is 1.89. The molecule has 0 spiro atoms. The standard InChI is InChI=1S/C10H14FNO4/c1-2-16-9(13)5-7-3-4-12(10(14)15)6-8(7)11/h5,8H,2-4,6H2,1H3,(H,14,15)/b7-5-. The highest BCUT2D eigenvalue weighted by molar-refractivity contribution is 5.83. The molecule has 0 aliphatic carbocycles. The van der Waals surface area contributed by atoms with Gasteiger partial charge in [-0.1, -0.05) is 0 Å². The van der Waals surface area contributed by atoms with Crippen LogP contribution >= 0.6 is 0 Å². The maximum atomic E-state index is 13.5. The van der Waals surface area contributed by atoms with Crippen molar-refractivity contribution < 1.29 is 23.8 Å². The zero-order chi connectivity index (χ0) is 12.1. The molecule has 0 radical (unpaired) electrons. The molecule has 1 unspecified atom stereocenters. The van der Waals surface area contributed by atoms with Gasteiger partial charge in [0.15, 0.2) is 0 Å². The number of ether oxygens (including phenoxy) is 1. The van der Waals surface area contributed by atoms with E-state index in [4.69, 9.17) is 5.11 Å². The van der Waals surface area contributed by atoms with Gasteiger partial charge in [0, 0.05) is 12.6 Å². The number of carbonyl (C=O) groups is 2. The molecule has 1 atom stereocenters. The third kappa shape index (κ3) is 3.22. The molecule has 0 bridgehead atoms. The first-order valence-electron chi connectivity index (χ1n) is 5.03. The molecule has 1 saturated heterocycles. The van der Waals surface area contributed by atoms with Crippen LogP contribution in [0.25, 0.3) is 0 Å². The van der Waals surface area contributed by atoms with Crippen molar-refractivity contribution in [2.75, 3.05) is 19.7 Å². The van der Waals surface area contributed by atoms with Gasteiger partial charge in [0.05, 0.1) is 13.2 Å². The van der Waals surface area contributed by atoms with Gasteiger partial charge in [-0.25, -0.2) is 14.0 Å². The van der Waals surface area contributed by atoms with Gasteiger partial charge in [-0.3, -0.25) is 0 Å². The van der Waals surface area contributed by atoms with Gasteiger partial charge < -0.3 is 14.7 Å². The van der Waals surface area contributed by atoms with Crippen LogP contribution < -0.4 is 0 Å². The van der Waals surface area contributed by atoms with Gasteiger partial charge in [-0.05, 0) is 18.9 Å². The lowest BCUT2D eigenvalue weighted by Crippen LogP contribution is -2.41. The predicted molar refractivity (Wildman–Crippen MR) is 53.8 cm³/mol. The summed E-state index contributed by atoms with van der Waals surface area (Å²) in [4.78, 5) is 22.6. The molecular weight excluding hydrogens is 217 g/mol. The maximum absolute atomic E-state index is 13.5. The van der Waals surface area contributed by atoms with Gasteiger partial charge in [0.1, 0.15) is 6.17 Å². The van der Waals surface area contributed by atoms with Crippen molar-refractivity contribution in [3.05, 3.63) is 11.6 Å². The van der Waals surface area contributed by atoms with Crippen molar-refractivity contribution >= 4 is 12.1 Å². The van der Waals surface area contributed by atoms with Crippen molar-refractivity contribution in [1.29, 1.82) is 0 Å². The number of esters is 1. The summed E-state index contributed by atoms with van der Waals surface area (Å²) in [6.07, 6.45) is -1.22. The molecule has 90 valence electrons. The van der Waals surface area contributed by atoms with E-state index in [0.717, 1.165) is 11.0 Å². The smallest absolute Gasteiger partial charge is 0.407 e. The van der Waals surface area contributed by atoms with Gasteiger partial charge in [0.25, 0.3) is 0 Å². The van der Waals surface area contributed by atoms with Crippen LogP contribution in [0.1, 0.15) is 13.3 Å². The average Bonchev–Trinajstić information content (AvgIpc) is 2.21. The fourth-order valence-corrected chi connectivity index (χ4v) is 1.49. The molecule has 16 heavy (non-hydrogen) atoms. The van der Waals surface area contributed by atoms with Crippen LogP contribution in [-0.4, -0.2) is 47.9 Å². The second-order valence-electron chi connectivity index (χ2n) is 3.42. The topological polar surface area (TPSA) is 66.8 Å². The highest BCUT2D eigenvalue weighted by atomic mass is 19.1. The minimum Gasteiger partial charge on any atom is -0.465 e. The molecule has 1 aliphatic rings. The summed E-state index contributed by atoms with van der Waals surface area (Å²) in [7, 11) is 0. The van der Waals surface area contributed by atoms with Crippen LogP contribution in [0.4, 0.5) is 9.18 Å². The molecule has 6 heteroatoms. The molecule has 1 rings (SSSR count). The third-order valence-electron chi connectivity index (χ3n) is 2.31. The van der Waals surface area contributed by atoms with Crippen molar-refractivity contribution in [3.63, 3.8) is 0 Å². The summed E-state index contributed by atoms with van der Waals surface area (Å²) in [5.74, 6) is -0.580. The van der Waals surface area contributed by atoms with Crippen molar-refractivity contribution in [3.8, 4) is 0 Å². The Kier molecular flexibility index (Phi) is 4.28. The lowest BCUT2D eigenvalue weighted by Gasteiger charge is -2.28. The van der Waals surface area contributed by atoms with Crippen molar-refractivity contribution in [2.45, 2.75) is 19.5 Å². The largest absolute Gasteiger partial charge is 0.465 e. The zero-order valence-corrected chi connectivity index (χ0v) is 8.98. The van der Waals surface area contributed by atoms with E-state index in [1.54, 1.807) is 6.92 Å². The lowest BCUT2D eigenvalue weighted by molar-refractivity contribution is -0.137. The van der Waals surface area contributed by atoms with Gasteiger partial charge in [-0.15, -0.1) is 0 Å². The van der Waals surface area contributed by atoms with E-state index >= 15 is 0 Å². The quantitative estimate of drug-likeness (QED) is 0.572. The Morgan fingerprint density at radius 1 is 1.69 bits per heavy atom. The van der Waals surface area contributed by atoms with Crippen LogP contribution in [-0.2, 0) is 9.53 Å². The Morgan fingerprint density at radius 2 is 2.38 bits per heavy atom. The van der Waals surface area contributed by atoms with Gasteiger partial charge in [0.2, 0.25) is 0 Å². The van der Waals surface area contributed by atoms with E-state index in [0.29, 0.717) is 5.57 Å². The van der Waals surface area contributed by atoms with Crippen LogP contribution in [0.15, 0.2) is 11.6 Å². The Hall–Kier alpha value is -1.59. The number of alkyl halides is 1.